The van der Waals surface area contributed by atoms with Crippen LogP contribution >= 0.6 is 0 Å². The van der Waals surface area contributed by atoms with E-state index in [1.54, 1.807) is 0 Å². The van der Waals surface area contributed by atoms with Crippen molar-refractivity contribution in [1.82, 2.24) is 9.36 Å². The number of carbonyl (C=O) groups is 1. The molecule has 3 rings (SSSR count). The van der Waals surface area contributed by atoms with Crippen LogP contribution in [0.1, 0.15) is 50.8 Å². The van der Waals surface area contributed by atoms with Crippen LogP contribution in [-0.2, 0) is 11.2 Å². The van der Waals surface area contributed by atoms with Gasteiger partial charge in [-0.3, -0.25) is 14.3 Å². The van der Waals surface area contributed by atoms with Crippen molar-refractivity contribution in [3.05, 3.63) is 46.4 Å². The highest BCUT2D eigenvalue weighted by atomic mass is 16.1. The first-order valence-electron chi connectivity index (χ1n) is 8.40. The fourth-order valence-electron chi connectivity index (χ4n) is 3.60. The molecule has 0 spiro atoms. The van der Waals surface area contributed by atoms with Crippen molar-refractivity contribution in [2.24, 2.45) is 0 Å². The Morgan fingerprint density at radius 1 is 1.17 bits per heavy atom. The standard InChI is InChI=1S/C18H23N3O2/c1-2-16-17(19-13-22)18(23)21(15-11-7-4-8-12-15)20(16)14-9-5-3-6-10-14/h3,5-6,9-10,13,15H,2,4,7-8,11-12H2,1H3,(H,19,22). The molecule has 2 aromatic rings. The van der Waals surface area contributed by atoms with E-state index in [0.29, 0.717) is 18.5 Å². The van der Waals surface area contributed by atoms with E-state index in [1.807, 2.05) is 46.6 Å². The average Bonchev–Trinajstić information content (AvgIpc) is 2.89. The fraction of sp³-hybridized carbons (Fsp3) is 0.444. The third-order valence-electron chi connectivity index (χ3n) is 4.64. The summed E-state index contributed by atoms with van der Waals surface area (Å²) in [4.78, 5) is 23.9. The lowest BCUT2D eigenvalue weighted by atomic mass is 9.96. The third kappa shape index (κ3) is 2.83. The molecule has 1 aliphatic rings. The summed E-state index contributed by atoms with van der Waals surface area (Å²) in [6.07, 6.45) is 6.83. The predicted octanol–water partition coefficient (Wildman–Crippen LogP) is 3.27. The minimum atomic E-state index is -0.0929. The van der Waals surface area contributed by atoms with Gasteiger partial charge in [-0.1, -0.05) is 44.4 Å². The van der Waals surface area contributed by atoms with E-state index in [2.05, 4.69) is 5.32 Å². The van der Waals surface area contributed by atoms with Crippen molar-refractivity contribution >= 4 is 12.1 Å². The number of amides is 1. The van der Waals surface area contributed by atoms with E-state index >= 15 is 0 Å². The van der Waals surface area contributed by atoms with Gasteiger partial charge in [0.05, 0.1) is 17.4 Å². The fourth-order valence-corrected chi connectivity index (χ4v) is 3.60. The van der Waals surface area contributed by atoms with Gasteiger partial charge in [0.25, 0.3) is 5.56 Å². The number of para-hydroxylation sites is 1. The summed E-state index contributed by atoms with van der Waals surface area (Å²) < 4.78 is 3.86. The molecular formula is C18H23N3O2. The molecule has 1 amide bonds. The van der Waals surface area contributed by atoms with E-state index < -0.39 is 0 Å². The maximum atomic E-state index is 13.0. The van der Waals surface area contributed by atoms with E-state index in [1.165, 1.54) is 6.42 Å². The number of carbonyl (C=O) groups excluding carboxylic acids is 1. The number of aromatic nitrogens is 2. The smallest absolute Gasteiger partial charge is 0.291 e. The summed E-state index contributed by atoms with van der Waals surface area (Å²) in [6, 6.07) is 10.1. The van der Waals surface area contributed by atoms with Crippen LogP contribution < -0.4 is 10.9 Å². The largest absolute Gasteiger partial charge is 0.323 e. The average molecular weight is 313 g/mol. The first-order chi connectivity index (χ1) is 11.3. The zero-order valence-electron chi connectivity index (χ0n) is 13.5. The van der Waals surface area contributed by atoms with Crippen LogP contribution in [0.2, 0.25) is 0 Å². The third-order valence-corrected chi connectivity index (χ3v) is 4.64. The lowest BCUT2D eigenvalue weighted by Crippen LogP contribution is -2.29. The van der Waals surface area contributed by atoms with Crippen LogP contribution in [-0.4, -0.2) is 15.8 Å². The minimum absolute atomic E-state index is 0.0929. The summed E-state index contributed by atoms with van der Waals surface area (Å²) in [6.45, 7) is 2.01. The molecule has 1 aromatic heterocycles. The van der Waals surface area contributed by atoms with Crippen LogP contribution in [0.4, 0.5) is 5.69 Å². The molecule has 0 saturated heterocycles. The Balaban J connectivity index is 2.23. The first kappa shape index (κ1) is 15.6. The molecule has 0 unspecified atom stereocenters. The molecule has 1 aliphatic carbocycles. The molecule has 5 heteroatoms. The molecule has 0 radical (unpaired) electrons. The zero-order valence-corrected chi connectivity index (χ0v) is 13.5. The van der Waals surface area contributed by atoms with Crippen molar-refractivity contribution in [3.63, 3.8) is 0 Å². The number of nitrogens with one attached hydrogen (secondary N) is 1. The molecule has 1 N–H and O–H groups in total. The normalized spacial score (nSPS) is 15.5. The number of rotatable bonds is 5. The first-order valence-corrected chi connectivity index (χ1v) is 8.40. The molecule has 5 nitrogen and oxygen atoms in total. The summed E-state index contributed by atoms with van der Waals surface area (Å²) in [5.74, 6) is 0. The maximum Gasteiger partial charge on any atom is 0.291 e. The van der Waals surface area contributed by atoms with Crippen LogP contribution in [0.3, 0.4) is 0 Å². The second-order valence-electron chi connectivity index (χ2n) is 6.03. The van der Waals surface area contributed by atoms with Gasteiger partial charge in [0.2, 0.25) is 6.41 Å². The van der Waals surface area contributed by atoms with Crippen LogP contribution in [0, 0.1) is 0 Å². The van der Waals surface area contributed by atoms with Gasteiger partial charge < -0.3 is 5.32 Å². The van der Waals surface area contributed by atoms with Crippen LogP contribution in [0.15, 0.2) is 35.1 Å². The second-order valence-corrected chi connectivity index (χ2v) is 6.03. The molecule has 1 aromatic carbocycles. The second kappa shape index (κ2) is 6.86. The van der Waals surface area contributed by atoms with Crippen molar-refractivity contribution in [2.75, 3.05) is 5.32 Å². The quantitative estimate of drug-likeness (QED) is 0.861. The van der Waals surface area contributed by atoms with Crippen molar-refractivity contribution in [3.8, 4) is 5.69 Å². The maximum absolute atomic E-state index is 13.0. The molecule has 0 aliphatic heterocycles. The number of hydrogen-bond acceptors (Lipinski definition) is 2. The Kier molecular flexibility index (Phi) is 4.65. The van der Waals surface area contributed by atoms with Gasteiger partial charge in [-0.2, -0.15) is 0 Å². The Bertz CT molecular complexity index is 725. The predicted molar refractivity (Wildman–Crippen MR) is 91.2 cm³/mol. The van der Waals surface area contributed by atoms with E-state index in [-0.39, 0.29) is 11.6 Å². The lowest BCUT2D eigenvalue weighted by Gasteiger charge is -2.26. The Morgan fingerprint density at radius 3 is 2.48 bits per heavy atom. The highest BCUT2D eigenvalue weighted by molar-refractivity contribution is 5.72. The number of hydrogen-bond donors (Lipinski definition) is 1. The lowest BCUT2D eigenvalue weighted by molar-refractivity contribution is -0.105. The number of anilines is 1. The van der Waals surface area contributed by atoms with Gasteiger partial charge in [0.15, 0.2) is 0 Å². The van der Waals surface area contributed by atoms with Gasteiger partial charge in [0.1, 0.15) is 5.69 Å². The highest BCUT2D eigenvalue weighted by Crippen LogP contribution is 2.30. The molecule has 1 heterocycles. The van der Waals surface area contributed by atoms with E-state index in [4.69, 9.17) is 0 Å². The summed E-state index contributed by atoms with van der Waals surface area (Å²) in [7, 11) is 0. The summed E-state index contributed by atoms with van der Waals surface area (Å²) >= 11 is 0. The van der Waals surface area contributed by atoms with E-state index in [9.17, 15) is 9.59 Å². The SMILES string of the molecule is CCc1c(NC=O)c(=O)n(C2CCCCC2)n1-c1ccccc1. The van der Waals surface area contributed by atoms with Crippen molar-refractivity contribution in [2.45, 2.75) is 51.5 Å². The zero-order chi connectivity index (χ0) is 16.2. The van der Waals surface area contributed by atoms with Gasteiger partial charge in [-0.15, -0.1) is 0 Å². The molecule has 122 valence electrons. The van der Waals surface area contributed by atoms with E-state index in [0.717, 1.165) is 37.1 Å². The monoisotopic (exact) mass is 313 g/mol. The summed E-state index contributed by atoms with van der Waals surface area (Å²) in [5.41, 5.74) is 2.14. The van der Waals surface area contributed by atoms with Gasteiger partial charge >= 0.3 is 0 Å². The Morgan fingerprint density at radius 2 is 1.87 bits per heavy atom. The van der Waals surface area contributed by atoms with Crippen LogP contribution in [0.25, 0.3) is 5.69 Å². The Hall–Kier alpha value is -2.30. The van der Waals surface area contributed by atoms with Crippen molar-refractivity contribution in [1.29, 1.82) is 0 Å². The number of benzene rings is 1. The minimum Gasteiger partial charge on any atom is -0.323 e. The summed E-state index contributed by atoms with van der Waals surface area (Å²) in [5, 5.41) is 2.63. The molecule has 1 fully saturated rings. The molecule has 0 bridgehead atoms. The number of nitrogens with zero attached hydrogens (tertiary/aromatic N) is 2. The Labute approximate surface area is 135 Å². The van der Waals surface area contributed by atoms with Gasteiger partial charge in [-0.25, -0.2) is 4.68 Å². The molecule has 0 atom stereocenters. The topological polar surface area (TPSA) is 56.0 Å². The molecule has 23 heavy (non-hydrogen) atoms. The van der Waals surface area contributed by atoms with Crippen molar-refractivity contribution < 1.29 is 4.79 Å². The highest BCUT2D eigenvalue weighted by Gasteiger charge is 2.26. The van der Waals surface area contributed by atoms with Gasteiger partial charge in [0, 0.05) is 0 Å². The van der Waals surface area contributed by atoms with Crippen LogP contribution in [0.5, 0.6) is 0 Å². The molecular weight excluding hydrogens is 290 g/mol. The van der Waals surface area contributed by atoms with Gasteiger partial charge in [-0.05, 0) is 31.4 Å². The molecule has 1 saturated carbocycles.